The van der Waals surface area contributed by atoms with Gasteiger partial charge in [0.05, 0.1) is 0 Å². The number of benzene rings is 1. The molecule has 2 atom stereocenters. The number of halogens is 1. The Kier molecular flexibility index (Phi) is 5.65. The lowest BCUT2D eigenvalue weighted by molar-refractivity contribution is 0.0528. The fourth-order valence-electron chi connectivity index (χ4n) is 4.37. The first-order valence-electron chi connectivity index (χ1n) is 8.95. The van der Waals surface area contributed by atoms with Gasteiger partial charge in [0, 0.05) is 35.7 Å². The van der Waals surface area contributed by atoms with E-state index in [0.717, 1.165) is 47.5 Å². The Morgan fingerprint density at radius 3 is 2.43 bits per heavy atom. The third kappa shape index (κ3) is 4.49. The molecule has 3 nitrogen and oxygen atoms in total. The van der Waals surface area contributed by atoms with E-state index in [0.29, 0.717) is 5.75 Å². The second kappa shape index (κ2) is 7.54. The average molecular weight is 381 g/mol. The standard InChI is InChI=1S/C19H29BrN2O/c1-14-9-15(2)12-22(11-14)18-5-7-21(8-6-18)13-16-10-17(20)3-4-19(16)23/h3-4,10,14-15,18,23H,5-9,11-13H2,1-2H3. The van der Waals surface area contributed by atoms with E-state index >= 15 is 0 Å². The fourth-order valence-corrected chi connectivity index (χ4v) is 4.78. The lowest BCUT2D eigenvalue weighted by Crippen LogP contribution is -2.49. The SMILES string of the molecule is CC1CC(C)CN(C2CCN(Cc3cc(Br)ccc3O)CC2)C1. The van der Waals surface area contributed by atoms with Crippen molar-refractivity contribution in [2.75, 3.05) is 26.2 Å². The summed E-state index contributed by atoms with van der Waals surface area (Å²) in [4.78, 5) is 5.22. The molecule has 0 bridgehead atoms. The van der Waals surface area contributed by atoms with Gasteiger partial charge in [-0.1, -0.05) is 29.8 Å². The molecule has 2 aliphatic heterocycles. The van der Waals surface area contributed by atoms with Gasteiger partial charge in [-0.2, -0.15) is 0 Å². The first kappa shape index (κ1) is 17.2. The van der Waals surface area contributed by atoms with Gasteiger partial charge in [-0.05, 0) is 62.4 Å². The van der Waals surface area contributed by atoms with Gasteiger partial charge in [-0.25, -0.2) is 0 Å². The van der Waals surface area contributed by atoms with Gasteiger partial charge >= 0.3 is 0 Å². The third-order valence-electron chi connectivity index (χ3n) is 5.41. The molecule has 3 rings (SSSR count). The summed E-state index contributed by atoms with van der Waals surface area (Å²) in [6.45, 7) is 10.5. The maximum atomic E-state index is 10.0. The molecule has 0 spiro atoms. The summed E-state index contributed by atoms with van der Waals surface area (Å²) in [6, 6.07) is 6.47. The number of phenolic OH excluding ortho intramolecular Hbond substituents is 1. The van der Waals surface area contributed by atoms with Crippen LogP contribution in [0.2, 0.25) is 0 Å². The number of hydrogen-bond donors (Lipinski definition) is 1. The Hall–Kier alpha value is -0.580. The van der Waals surface area contributed by atoms with Crippen LogP contribution in [0.25, 0.3) is 0 Å². The molecule has 2 heterocycles. The van der Waals surface area contributed by atoms with Crippen molar-refractivity contribution in [3.05, 3.63) is 28.2 Å². The van der Waals surface area contributed by atoms with Gasteiger partial charge in [-0.15, -0.1) is 0 Å². The van der Waals surface area contributed by atoms with Crippen molar-refractivity contribution in [2.45, 2.75) is 45.7 Å². The van der Waals surface area contributed by atoms with Crippen molar-refractivity contribution in [1.82, 2.24) is 9.80 Å². The van der Waals surface area contributed by atoms with E-state index in [1.54, 1.807) is 6.07 Å². The topological polar surface area (TPSA) is 26.7 Å². The second-order valence-electron chi connectivity index (χ2n) is 7.68. The summed E-state index contributed by atoms with van der Waals surface area (Å²) in [7, 11) is 0. The van der Waals surface area contributed by atoms with Crippen LogP contribution in [-0.4, -0.2) is 47.1 Å². The smallest absolute Gasteiger partial charge is 0.120 e. The zero-order chi connectivity index (χ0) is 16.4. The molecular formula is C19H29BrN2O. The predicted octanol–water partition coefficient (Wildman–Crippen LogP) is 4.10. The highest BCUT2D eigenvalue weighted by Gasteiger charge is 2.30. The minimum Gasteiger partial charge on any atom is -0.508 e. The Morgan fingerprint density at radius 1 is 1.13 bits per heavy atom. The van der Waals surface area contributed by atoms with Crippen LogP contribution in [0, 0.1) is 11.8 Å². The molecular weight excluding hydrogens is 352 g/mol. The van der Waals surface area contributed by atoms with E-state index in [1.165, 1.54) is 32.4 Å². The number of piperidine rings is 2. The van der Waals surface area contributed by atoms with Crippen LogP contribution in [0.1, 0.15) is 38.7 Å². The number of aromatic hydroxyl groups is 1. The highest BCUT2D eigenvalue weighted by atomic mass is 79.9. The maximum absolute atomic E-state index is 10.0. The number of phenols is 1. The molecule has 2 saturated heterocycles. The van der Waals surface area contributed by atoms with Crippen LogP contribution in [-0.2, 0) is 6.54 Å². The minimum atomic E-state index is 0.411. The van der Waals surface area contributed by atoms with Crippen LogP contribution < -0.4 is 0 Å². The molecule has 23 heavy (non-hydrogen) atoms. The van der Waals surface area contributed by atoms with Crippen molar-refractivity contribution in [3.63, 3.8) is 0 Å². The van der Waals surface area contributed by atoms with E-state index < -0.39 is 0 Å². The Balaban J connectivity index is 1.53. The van der Waals surface area contributed by atoms with Crippen LogP contribution in [0.15, 0.2) is 22.7 Å². The molecule has 1 aromatic rings. The molecule has 128 valence electrons. The highest BCUT2D eigenvalue weighted by molar-refractivity contribution is 9.10. The fraction of sp³-hybridized carbons (Fsp3) is 0.684. The van der Waals surface area contributed by atoms with Crippen LogP contribution in [0.4, 0.5) is 0 Å². The number of likely N-dealkylation sites (tertiary alicyclic amines) is 2. The number of rotatable bonds is 3. The molecule has 2 unspecified atom stereocenters. The van der Waals surface area contributed by atoms with Gasteiger partial charge in [0.15, 0.2) is 0 Å². The molecule has 4 heteroatoms. The van der Waals surface area contributed by atoms with E-state index in [4.69, 9.17) is 0 Å². The van der Waals surface area contributed by atoms with Crippen LogP contribution in [0.5, 0.6) is 5.75 Å². The zero-order valence-electron chi connectivity index (χ0n) is 14.3. The lowest BCUT2D eigenvalue weighted by Gasteiger charge is -2.43. The quantitative estimate of drug-likeness (QED) is 0.854. The Morgan fingerprint density at radius 2 is 1.78 bits per heavy atom. The van der Waals surface area contributed by atoms with E-state index in [-0.39, 0.29) is 0 Å². The summed E-state index contributed by atoms with van der Waals surface area (Å²) < 4.78 is 1.04. The van der Waals surface area contributed by atoms with Gasteiger partial charge in [-0.3, -0.25) is 9.80 Å². The van der Waals surface area contributed by atoms with Gasteiger partial charge < -0.3 is 5.11 Å². The van der Waals surface area contributed by atoms with E-state index in [1.807, 2.05) is 12.1 Å². The van der Waals surface area contributed by atoms with Gasteiger partial charge in [0.2, 0.25) is 0 Å². The van der Waals surface area contributed by atoms with Crippen molar-refractivity contribution < 1.29 is 5.11 Å². The van der Waals surface area contributed by atoms with Crippen molar-refractivity contribution in [3.8, 4) is 5.75 Å². The Labute approximate surface area is 148 Å². The molecule has 1 aromatic carbocycles. The Bertz CT molecular complexity index is 518. The molecule has 2 aliphatic rings. The average Bonchev–Trinajstić information content (AvgIpc) is 2.51. The minimum absolute atomic E-state index is 0.411. The summed E-state index contributed by atoms with van der Waals surface area (Å²) in [6.07, 6.45) is 3.90. The molecule has 1 N–H and O–H groups in total. The van der Waals surface area contributed by atoms with Crippen molar-refractivity contribution in [1.29, 1.82) is 0 Å². The highest BCUT2D eigenvalue weighted by Crippen LogP contribution is 2.28. The normalized spacial score (nSPS) is 28.1. The van der Waals surface area contributed by atoms with E-state index in [2.05, 4.69) is 39.6 Å². The summed E-state index contributed by atoms with van der Waals surface area (Å²) in [5, 5.41) is 10.0. The van der Waals surface area contributed by atoms with Gasteiger partial charge in [0.1, 0.15) is 5.75 Å². The van der Waals surface area contributed by atoms with Crippen molar-refractivity contribution in [2.24, 2.45) is 11.8 Å². The first-order valence-corrected chi connectivity index (χ1v) is 9.74. The molecule has 0 saturated carbocycles. The molecule has 0 aromatic heterocycles. The maximum Gasteiger partial charge on any atom is 0.120 e. The predicted molar refractivity (Wildman–Crippen MR) is 98.6 cm³/mol. The van der Waals surface area contributed by atoms with Crippen molar-refractivity contribution >= 4 is 15.9 Å². The monoisotopic (exact) mass is 380 g/mol. The second-order valence-corrected chi connectivity index (χ2v) is 8.60. The zero-order valence-corrected chi connectivity index (χ0v) is 15.9. The van der Waals surface area contributed by atoms with E-state index in [9.17, 15) is 5.11 Å². The summed E-state index contributed by atoms with van der Waals surface area (Å²) in [5.41, 5.74) is 1.03. The number of hydrogen-bond acceptors (Lipinski definition) is 3. The summed E-state index contributed by atoms with van der Waals surface area (Å²) in [5.74, 6) is 2.10. The lowest BCUT2D eigenvalue weighted by atomic mass is 9.89. The number of nitrogens with zero attached hydrogens (tertiary/aromatic N) is 2. The third-order valence-corrected chi connectivity index (χ3v) is 5.90. The first-order chi connectivity index (χ1) is 11.0. The molecule has 0 amide bonds. The molecule has 0 radical (unpaired) electrons. The van der Waals surface area contributed by atoms with Crippen LogP contribution >= 0.6 is 15.9 Å². The van der Waals surface area contributed by atoms with Crippen LogP contribution in [0.3, 0.4) is 0 Å². The van der Waals surface area contributed by atoms with Gasteiger partial charge in [0.25, 0.3) is 0 Å². The molecule has 0 aliphatic carbocycles. The summed E-state index contributed by atoms with van der Waals surface area (Å²) >= 11 is 3.50. The molecule has 2 fully saturated rings. The largest absolute Gasteiger partial charge is 0.508 e.